The van der Waals surface area contributed by atoms with E-state index in [1.54, 1.807) is 12.1 Å². The highest BCUT2D eigenvalue weighted by Crippen LogP contribution is 2.13. The molecule has 4 nitrogen and oxygen atoms in total. The average Bonchev–Trinajstić information content (AvgIpc) is 2.68. The lowest BCUT2D eigenvalue weighted by Gasteiger charge is -2.10. The second-order valence-corrected chi connectivity index (χ2v) is 6.96. The van der Waals surface area contributed by atoms with Crippen LogP contribution in [0.1, 0.15) is 54.1 Å². The maximum Gasteiger partial charge on any atom is 0.257 e. The summed E-state index contributed by atoms with van der Waals surface area (Å²) in [6.45, 7) is 5.52. The lowest BCUT2D eigenvalue weighted by atomic mass is 10.1. The van der Waals surface area contributed by atoms with Crippen molar-refractivity contribution in [2.45, 2.75) is 46.1 Å². The molecule has 2 N–H and O–H groups in total. The zero-order chi connectivity index (χ0) is 19.5. The number of carbonyl (C=O) groups is 1. The number of carbonyl (C=O) groups excluding carboxylic acids is 1. The van der Waals surface area contributed by atoms with Gasteiger partial charge in [0.05, 0.1) is 6.61 Å². The minimum Gasteiger partial charge on any atom is -0.494 e. The zero-order valence-electron chi connectivity index (χ0n) is 16.1. The SMILES string of the molecule is CCCCCCOc1ccc(C(=O)NC(=S)NCc2ccc(C)cc2)cc1. The molecule has 0 atom stereocenters. The number of amides is 1. The van der Waals surface area contributed by atoms with Gasteiger partial charge in [-0.2, -0.15) is 0 Å². The Hall–Kier alpha value is -2.40. The van der Waals surface area contributed by atoms with E-state index in [1.165, 1.54) is 24.8 Å². The van der Waals surface area contributed by atoms with Gasteiger partial charge in [0.1, 0.15) is 5.75 Å². The molecule has 0 aliphatic carbocycles. The van der Waals surface area contributed by atoms with Crippen LogP contribution in [0.2, 0.25) is 0 Å². The molecule has 0 spiro atoms. The first-order valence-electron chi connectivity index (χ1n) is 9.46. The van der Waals surface area contributed by atoms with Gasteiger partial charge < -0.3 is 10.1 Å². The van der Waals surface area contributed by atoms with Crippen molar-refractivity contribution in [3.63, 3.8) is 0 Å². The van der Waals surface area contributed by atoms with Crippen molar-refractivity contribution in [3.8, 4) is 5.75 Å². The number of rotatable bonds is 9. The van der Waals surface area contributed by atoms with E-state index in [0.29, 0.717) is 23.8 Å². The van der Waals surface area contributed by atoms with Crippen LogP contribution in [-0.2, 0) is 6.54 Å². The molecule has 2 aromatic carbocycles. The molecular weight excluding hydrogens is 356 g/mol. The van der Waals surface area contributed by atoms with Crippen LogP contribution in [0.25, 0.3) is 0 Å². The highest BCUT2D eigenvalue weighted by molar-refractivity contribution is 7.80. The molecule has 0 saturated heterocycles. The molecule has 0 bridgehead atoms. The van der Waals surface area contributed by atoms with Crippen molar-refractivity contribution in [2.75, 3.05) is 6.61 Å². The first-order valence-corrected chi connectivity index (χ1v) is 9.87. The monoisotopic (exact) mass is 384 g/mol. The summed E-state index contributed by atoms with van der Waals surface area (Å²) in [5.74, 6) is 0.550. The number of thiocarbonyl (C=S) groups is 1. The molecule has 0 unspecified atom stereocenters. The lowest BCUT2D eigenvalue weighted by Crippen LogP contribution is -2.38. The summed E-state index contributed by atoms with van der Waals surface area (Å²) < 4.78 is 5.69. The van der Waals surface area contributed by atoms with Gasteiger partial charge in [-0.1, -0.05) is 56.0 Å². The molecule has 0 fully saturated rings. The Morgan fingerprint density at radius 2 is 1.70 bits per heavy atom. The third kappa shape index (κ3) is 7.79. The summed E-state index contributed by atoms with van der Waals surface area (Å²) in [6, 6.07) is 15.3. The first-order chi connectivity index (χ1) is 13.1. The van der Waals surface area contributed by atoms with Crippen LogP contribution in [-0.4, -0.2) is 17.6 Å². The second kappa shape index (κ2) is 11.3. The second-order valence-electron chi connectivity index (χ2n) is 6.56. The summed E-state index contributed by atoms with van der Waals surface area (Å²) in [5, 5.41) is 6.07. The van der Waals surface area contributed by atoms with E-state index in [-0.39, 0.29) is 5.91 Å². The maximum atomic E-state index is 12.3. The molecule has 2 rings (SSSR count). The molecule has 0 aliphatic heterocycles. The molecule has 0 aromatic heterocycles. The fraction of sp³-hybridized carbons (Fsp3) is 0.364. The van der Waals surface area contributed by atoms with Gasteiger partial charge in [-0.25, -0.2) is 0 Å². The summed E-state index contributed by atoms with van der Waals surface area (Å²) in [5.41, 5.74) is 2.87. The van der Waals surface area contributed by atoms with Gasteiger partial charge in [-0.05, 0) is 55.4 Å². The van der Waals surface area contributed by atoms with Crippen molar-refractivity contribution < 1.29 is 9.53 Å². The van der Waals surface area contributed by atoms with Crippen molar-refractivity contribution in [3.05, 3.63) is 65.2 Å². The smallest absolute Gasteiger partial charge is 0.257 e. The van der Waals surface area contributed by atoms with Gasteiger partial charge >= 0.3 is 0 Å². The quantitative estimate of drug-likeness (QED) is 0.483. The van der Waals surface area contributed by atoms with Gasteiger partial charge in [0.25, 0.3) is 5.91 Å². The highest BCUT2D eigenvalue weighted by atomic mass is 32.1. The van der Waals surface area contributed by atoms with Gasteiger partial charge in [-0.3, -0.25) is 10.1 Å². The molecule has 27 heavy (non-hydrogen) atoms. The topological polar surface area (TPSA) is 50.4 Å². The average molecular weight is 385 g/mol. The van der Waals surface area contributed by atoms with Gasteiger partial charge in [-0.15, -0.1) is 0 Å². The number of aryl methyl sites for hydroxylation is 1. The molecule has 1 amide bonds. The Morgan fingerprint density at radius 1 is 1.00 bits per heavy atom. The van der Waals surface area contributed by atoms with Crippen LogP contribution in [0.3, 0.4) is 0 Å². The molecule has 0 heterocycles. The Bertz CT molecular complexity index is 727. The van der Waals surface area contributed by atoms with E-state index in [2.05, 4.69) is 17.6 Å². The van der Waals surface area contributed by atoms with Crippen LogP contribution >= 0.6 is 12.2 Å². The van der Waals surface area contributed by atoms with Crippen LogP contribution in [0.15, 0.2) is 48.5 Å². The summed E-state index contributed by atoms with van der Waals surface area (Å²) in [7, 11) is 0. The summed E-state index contributed by atoms with van der Waals surface area (Å²) >= 11 is 5.21. The van der Waals surface area contributed by atoms with Crippen molar-refractivity contribution in [1.29, 1.82) is 0 Å². The maximum absolute atomic E-state index is 12.3. The number of unbranched alkanes of at least 4 members (excludes halogenated alkanes) is 3. The molecule has 0 saturated carbocycles. The standard InChI is InChI=1S/C22H28N2O2S/c1-3-4-5-6-15-26-20-13-11-19(12-14-20)21(25)24-22(27)23-16-18-9-7-17(2)8-10-18/h7-14H,3-6,15-16H2,1-2H3,(H2,23,24,25,27). The molecular formula is C22H28N2O2S. The van der Waals surface area contributed by atoms with Crippen molar-refractivity contribution >= 4 is 23.2 Å². The highest BCUT2D eigenvalue weighted by Gasteiger charge is 2.08. The Kier molecular flexibility index (Phi) is 8.78. The van der Waals surface area contributed by atoms with E-state index >= 15 is 0 Å². The van der Waals surface area contributed by atoms with E-state index < -0.39 is 0 Å². The summed E-state index contributed by atoms with van der Waals surface area (Å²) in [6.07, 6.45) is 4.69. The van der Waals surface area contributed by atoms with Crippen LogP contribution in [0.5, 0.6) is 5.75 Å². The number of hydrogen-bond acceptors (Lipinski definition) is 3. The third-order valence-corrected chi connectivity index (χ3v) is 4.43. The van der Waals surface area contributed by atoms with Gasteiger partial charge in [0.15, 0.2) is 5.11 Å². The first kappa shape index (κ1) is 20.9. The van der Waals surface area contributed by atoms with Crippen molar-refractivity contribution in [2.24, 2.45) is 0 Å². The zero-order valence-corrected chi connectivity index (χ0v) is 16.9. The van der Waals surface area contributed by atoms with E-state index in [1.807, 2.05) is 43.3 Å². The van der Waals surface area contributed by atoms with E-state index in [9.17, 15) is 4.79 Å². The predicted octanol–water partition coefficient (Wildman–Crippen LogP) is 4.76. The fourth-order valence-corrected chi connectivity index (χ4v) is 2.69. The van der Waals surface area contributed by atoms with Gasteiger partial charge in [0.2, 0.25) is 0 Å². The van der Waals surface area contributed by atoms with Crippen LogP contribution in [0.4, 0.5) is 0 Å². The third-order valence-electron chi connectivity index (χ3n) is 4.18. The number of hydrogen-bond donors (Lipinski definition) is 2. The molecule has 5 heteroatoms. The number of benzene rings is 2. The predicted molar refractivity (Wildman–Crippen MR) is 114 cm³/mol. The lowest BCUT2D eigenvalue weighted by molar-refractivity contribution is 0.0976. The number of nitrogens with one attached hydrogen (secondary N) is 2. The van der Waals surface area contributed by atoms with Crippen LogP contribution < -0.4 is 15.4 Å². The number of ether oxygens (including phenoxy) is 1. The fourth-order valence-electron chi connectivity index (χ4n) is 2.53. The van der Waals surface area contributed by atoms with Gasteiger partial charge in [0, 0.05) is 12.1 Å². The minimum atomic E-state index is -0.231. The Morgan fingerprint density at radius 3 is 2.37 bits per heavy atom. The molecule has 2 aromatic rings. The normalized spacial score (nSPS) is 10.3. The largest absolute Gasteiger partial charge is 0.494 e. The van der Waals surface area contributed by atoms with E-state index in [4.69, 9.17) is 17.0 Å². The van der Waals surface area contributed by atoms with E-state index in [0.717, 1.165) is 17.7 Å². The molecule has 0 aliphatic rings. The molecule has 0 radical (unpaired) electrons. The summed E-state index contributed by atoms with van der Waals surface area (Å²) in [4.78, 5) is 12.3. The van der Waals surface area contributed by atoms with Crippen LogP contribution in [0, 0.1) is 6.92 Å². The molecule has 144 valence electrons. The Balaban J connectivity index is 1.74. The van der Waals surface area contributed by atoms with Crippen molar-refractivity contribution in [1.82, 2.24) is 10.6 Å². The Labute approximate surface area is 167 Å². The minimum absolute atomic E-state index is 0.231.